The van der Waals surface area contributed by atoms with Crippen LogP contribution >= 0.6 is 0 Å². The van der Waals surface area contributed by atoms with E-state index in [1.54, 1.807) is 0 Å². The van der Waals surface area contributed by atoms with Crippen molar-refractivity contribution in [2.24, 2.45) is 0 Å². The molecule has 0 unspecified atom stereocenters. The Balaban J connectivity index is 1.13. The summed E-state index contributed by atoms with van der Waals surface area (Å²) < 4.78 is 43.3. The third kappa shape index (κ3) is 4.39. The molecule has 2 aliphatic carbocycles. The molecule has 5 rings (SSSR count). The Morgan fingerprint density at radius 1 is 1.13 bits per heavy atom. The number of nitrogens with one attached hydrogen (secondary N) is 1. The molecule has 2 atom stereocenters. The van der Waals surface area contributed by atoms with Crippen molar-refractivity contribution in [1.82, 2.24) is 20.4 Å². The van der Waals surface area contributed by atoms with Crippen LogP contribution in [-0.2, 0) is 5.41 Å². The average Bonchev–Trinajstić information content (AvgIpc) is 3.63. The summed E-state index contributed by atoms with van der Waals surface area (Å²) in [5.74, 6) is 2.01. The van der Waals surface area contributed by atoms with E-state index in [4.69, 9.17) is 4.52 Å². The highest BCUT2D eigenvalue weighted by molar-refractivity contribution is 5.28. The zero-order valence-corrected chi connectivity index (χ0v) is 16.9. The Bertz CT molecular complexity index is 857. The molecule has 0 bridgehead atoms. The van der Waals surface area contributed by atoms with Gasteiger partial charge in [-0.3, -0.25) is 4.90 Å². The summed E-state index contributed by atoms with van der Waals surface area (Å²) in [6, 6.07) is 11.1. The quantitative estimate of drug-likeness (QED) is 0.734. The zero-order valence-electron chi connectivity index (χ0n) is 16.9. The molecule has 0 amide bonds. The minimum Gasteiger partial charge on any atom is -0.339 e. The first-order valence-corrected chi connectivity index (χ1v) is 10.8. The van der Waals surface area contributed by atoms with Gasteiger partial charge in [-0.05, 0) is 50.8 Å². The molecular weight excluding hydrogens is 393 g/mol. The second kappa shape index (κ2) is 7.64. The molecule has 30 heavy (non-hydrogen) atoms. The zero-order chi connectivity index (χ0) is 20.8. The highest BCUT2D eigenvalue weighted by atomic mass is 19.4. The molecule has 3 aliphatic rings. The maximum atomic E-state index is 12.6. The number of hydrogen-bond acceptors (Lipinski definition) is 5. The van der Waals surface area contributed by atoms with Gasteiger partial charge in [-0.1, -0.05) is 35.5 Å². The smallest absolute Gasteiger partial charge is 0.339 e. The van der Waals surface area contributed by atoms with Crippen molar-refractivity contribution in [3.63, 3.8) is 0 Å². The molecule has 2 heterocycles. The van der Waals surface area contributed by atoms with Gasteiger partial charge in [0.1, 0.15) is 0 Å². The number of halogens is 3. The van der Waals surface area contributed by atoms with Gasteiger partial charge in [0.25, 0.3) is 0 Å². The number of nitrogens with zero attached hydrogens (tertiary/aromatic N) is 3. The maximum Gasteiger partial charge on any atom is 0.401 e. The highest BCUT2D eigenvalue weighted by Crippen LogP contribution is 2.48. The van der Waals surface area contributed by atoms with E-state index < -0.39 is 12.7 Å². The van der Waals surface area contributed by atoms with E-state index in [1.807, 2.05) is 6.07 Å². The van der Waals surface area contributed by atoms with Gasteiger partial charge in [-0.25, -0.2) is 0 Å². The summed E-state index contributed by atoms with van der Waals surface area (Å²) in [6.07, 6.45) is 0.371. The number of piperidine rings is 1. The first-order chi connectivity index (χ1) is 14.4. The van der Waals surface area contributed by atoms with Gasteiger partial charge in [-0.2, -0.15) is 18.2 Å². The highest BCUT2D eigenvalue weighted by Gasteiger charge is 2.50. The fourth-order valence-electron chi connectivity index (χ4n) is 4.65. The van der Waals surface area contributed by atoms with Gasteiger partial charge in [0.05, 0.1) is 6.54 Å². The second-order valence-electron chi connectivity index (χ2n) is 9.14. The number of hydrogen-bond donors (Lipinski definition) is 1. The van der Waals surface area contributed by atoms with Crippen LogP contribution < -0.4 is 5.32 Å². The van der Waals surface area contributed by atoms with Gasteiger partial charge in [0, 0.05) is 29.8 Å². The van der Waals surface area contributed by atoms with E-state index in [1.165, 1.54) is 10.5 Å². The van der Waals surface area contributed by atoms with Crippen LogP contribution in [0.3, 0.4) is 0 Å². The molecule has 1 saturated heterocycles. The lowest BCUT2D eigenvalue weighted by molar-refractivity contribution is -0.148. The van der Waals surface area contributed by atoms with E-state index in [0.29, 0.717) is 43.8 Å². The Morgan fingerprint density at radius 2 is 1.87 bits per heavy atom. The lowest BCUT2D eigenvalue weighted by atomic mass is 9.96. The van der Waals surface area contributed by atoms with Crippen molar-refractivity contribution in [3.05, 3.63) is 47.6 Å². The summed E-state index contributed by atoms with van der Waals surface area (Å²) in [5, 5.41) is 7.95. The Morgan fingerprint density at radius 3 is 2.53 bits per heavy atom. The van der Waals surface area contributed by atoms with Crippen LogP contribution in [0.1, 0.15) is 61.2 Å². The summed E-state index contributed by atoms with van der Waals surface area (Å²) >= 11 is 0. The number of benzene rings is 1. The monoisotopic (exact) mass is 420 g/mol. The number of alkyl halides is 3. The molecule has 1 aliphatic heterocycles. The van der Waals surface area contributed by atoms with Crippen LogP contribution in [0.25, 0.3) is 0 Å². The summed E-state index contributed by atoms with van der Waals surface area (Å²) in [7, 11) is 0. The van der Waals surface area contributed by atoms with Crippen molar-refractivity contribution in [1.29, 1.82) is 0 Å². The number of likely N-dealkylation sites (tertiary alicyclic amines) is 1. The molecular formula is C22H27F3N4O. The molecule has 2 aromatic rings. The molecule has 3 fully saturated rings. The van der Waals surface area contributed by atoms with Crippen molar-refractivity contribution in [2.75, 3.05) is 26.2 Å². The van der Waals surface area contributed by atoms with E-state index in [0.717, 1.165) is 31.6 Å². The Kier molecular flexibility index (Phi) is 5.09. The predicted molar refractivity (Wildman–Crippen MR) is 105 cm³/mol. The van der Waals surface area contributed by atoms with Crippen LogP contribution in [0.4, 0.5) is 13.2 Å². The predicted octanol–water partition coefficient (Wildman–Crippen LogP) is 3.99. The SMILES string of the molecule is FC(F)(F)CN1CCC(c2nc(C3(CN[C@H]4C[C@@H]4c4ccccc4)CC3)no2)CC1. The van der Waals surface area contributed by atoms with Crippen LogP contribution in [0.2, 0.25) is 0 Å². The molecule has 162 valence electrons. The standard InChI is InChI=1S/C22H27F3N4O/c23-22(24,25)14-29-10-6-16(7-11-29)19-27-20(28-30-19)21(8-9-21)13-26-18-12-17(18)15-4-2-1-3-5-15/h1-5,16-18,26H,6-14H2/t17-,18+/m1/s1. The van der Waals surface area contributed by atoms with Gasteiger partial charge >= 0.3 is 6.18 Å². The van der Waals surface area contributed by atoms with Crippen LogP contribution in [0.15, 0.2) is 34.9 Å². The molecule has 0 radical (unpaired) electrons. The minimum absolute atomic E-state index is 0.0391. The number of rotatable bonds is 7. The van der Waals surface area contributed by atoms with E-state index in [9.17, 15) is 13.2 Å². The first-order valence-electron chi connectivity index (χ1n) is 10.8. The molecule has 5 nitrogen and oxygen atoms in total. The number of aromatic nitrogens is 2. The van der Waals surface area contributed by atoms with Gasteiger partial charge in [0.2, 0.25) is 5.89 Å². The average molecular weight is 420 g/mol. The van der Waals surface area contributed by atoms with Crippen molar-refractivity contribution >= 4 is 0 Å². The molecule has 1 aromatic carbocycles. The second-order valence-corrected chi connectivity index (χ2v) is 9.14. The van der Waals surface area contributed by atoms with Gasteiger partial charge in [0.15, 0.2) is 5.82 Å². The molecule has 8 heteroatoms. The van der Waals surface area contributed by atoms with Crippen LogP contribution in [0.5, 0.6) is 0 Å². The van der Waals surface area contributed by atoms with E-state index in [-0.39, 0.29) is 11.3 Å². The van der Waals surface area contributed by atoms with Crippen molar-refractivity contribution < 1.29 is 17.7 Å². The normalized spacial score (nSPS) is 26.6. The van der Waals surface area contributed by atoms with Crippen molar-refractivity contribution in [2.45, 2.75) is 61.6 Å². The van der Waals surface area contributed by atoms with Gasteiger partial charge < -0.3 is 9.84 Å². The maximum absolute atomic E-state index is 12.6. The first kappa shape index (κ1) is 20.0. The summed E-state index contributed by atoms with van der Waals surface area (Å²) in [5.41, 5.74) is 1.35. The lowest BCUT2D eigenvalue weighted by Gasteiger charge is -2.30. The minimum atomic E-state index is -4.14. The largest absolute Gasteiger partial charge is 0.401 e. The third-order valence-electron chi connectivity index (χ3n) is 6.83. The molecule has 1 N–H and O–H groups in total. The third-order valence-corrected chi connectivity index (χ3v) is 6.83. The fourth-order valence-corrected chi connectivity index (χ4v) is 4.65. The Hall–Kier alpha value is -1.93. The molecule has 1 aromatic heterocycles. The molecule has 2 saturated carbocycles. The van der Waals surface area contributed by atoms with Crippen LogP contribution in [0, 0.1) is 0 Å². The van der Waals surface area contributed by atoms with E-state index in [2.05, 4.69) is 39.7 Å². The molecule has 0 spiro atoms. The van der Waals surface area contributed by atoms with Gasteiger partial charge in [-0.15, -0.1) is 0 Å². The fraction of sp³-hybridized carbons (Fsp3) is 0.636. The van der Waals surface area contributed by atoms with Crippen molar-refractivity contribution in [3.8, 4) is 0 Å². The Labute approximate surface area is 174 Å². The lowest BCUT2D eigenvalue weighted by Crippen LogP contribution is -2.39. The van der Waals surface area contributed by atoms with Crippen LogP contribution in [-0.4, -0.2) is 53.4 Å². The summed E-state index contributed by atoms with van der Waals surface area (Å²) in [4.78, 5) is 6.14. The topological polar surface area (TPSA) is 54.2 Å². The van der Waals surface area contributed by atoms with E-state index >= 15 is 0 Å². The summed E-state index contributed by atoms with van der Waals surface area (Å²) in [6.45, 7) is 0.840.